The van der Waals surface area contributed by atoms with Gasteiger partial charge in [0.1, 0.15) is 5.75 Å². The number of carbonyl (C=O) groups excluding carboxylic acids is 1. The summed E-state index contributed by atoms with van der Waals surface area (Å²) in [6.45, 7) is 8.60. The molecule has 1 heterocycles. The summed E-state index contributed by atoms with van der Waals surface area (Å²) in [6.07, 6.45) is 1.44. The van der Waals surface area contributed by atoms with Gasteiger partial charge in [-0.25, -0.2) is 5.43 Å². The molecule has 4 rings (SSSR count). The van der Waals surface area contributed by atoms with Crippen LogP contribution in [0.3, 0.4) is 0 Å². The average Bonchev–Trinajstić information content (AvgIpc) is 3.29. The first kappa shape index (κ1) is 28.6. The topological polar surface area (TPSA) is 92.4 Å². The quantitative estimate of drug-likeness (QED) is 0.0951. The maximum absolute atomic E-state index is 12.6. The van der Waals surface area contributed by atoms with Gasteiger partial charge in [-0.05, 0) is 87.3 Å². The van der Waals surface area contributed by atoms with Gasteiger partial charge in [-0.2, -0.15) is 5.10 Å². The summed E-state index contributed by atoms with van der Waals surface area (Å²) in [5, 5.41) is 23.7. The van der Waals surface area contributed by atoms with Crippen LogP contribution in [0.1, 0.15) is 37.5 Å². The molecule has 0 unspecified atom stereocenters. The van der Waals surface area contributed by atoms with Gasteiger partial charge >= 0.3 is 0 Å². The molecule has 0 bridgehead atoms. The van der Waals surface area contributed by atoms with Crippen molar-refractivity contribution in [2.24, 2.45) is 5.10 Å². The molecule has 38 heavy (non-hydrogen) atoms. The number of benzene rings is 3. The number of rotatable bonds is 7. The zero-order valence-electron chi connectivity index (χ0n) is 21.4. The Morgan fingerprint density at radius 2 is 1.76 bits per heavy atom. The number of carbonyl (C=O) groups is 1. The molecule has 196 valence electrons. The van der Waals surface area contributed by atoms with E-state index in [9.17, 15) is 9.90 Å². The molecule has 0 aliphatic carbocycles. The monoisotopic (exact) mass is 751 g/mol. The predicted molar refractivity (Wildman–Crippen MR) is 170 cm³/mol. The van der Waals surface area contributed by atoms with Gasteiger partial charge in [0, 0.05) is 20.4 Å². The molecule has 7 nitrogen and oxygen atoms in total. The van der Waals surface area contributed by atoms with Crippen LogP contribution in [0, 0.1) is 14.1 Å². The number of hydrogen-bond donors (Lipinski definition) is 2. The summed E-state index contributed by atoms with van der Waals surface area (Å²) in [6, 6.07) is 20.1. The number of hydrogen-bond acceptors (Lipinski definition) is 6. The SMILES string of the molecule is Cc1ccc(-n2c(SCC(=O)NN=Cc3cc(I)cc(I)c3O)nnc2-c2ccc(C(C)(C)C)cc2)cc1. The van der Waals surface area contributed by atoms with Crippen molar-refractivity contribution in [3.8, 4) is 22.8 Å². The third-order valence-electron chi connectivity index (χ3n) is 5.72. The Hall–Kier alpha value is -2.45. The number of halogens is 2. The fourth-order valence-electron chi connectivity index (χ4n) is 3.62. The molecule has 0 aliphatic rings. The second-order valence-electron chi connectivity index (χ2n) is 9.71. The molecule has 0 spiro atoms. The van der Waals surface area contributed by atoms with Crippen LogP contribution in [-0.4, -0.2) is 37.7 Å². The van der Waals surface area contributed by atoms with E-state index in [1.54, 1.807) is 6.07 Å². The predicted octanol–water partition coefficient (Wildman–Crippen LogP) is 6.70. The zero-order valence-corrected chi connectivity index (χ0v) is 26.5. The van der Waals surface area contributed by atoms with Gasteiger partial charge in [-0.15, -0.1) is 10.2 Å². The van der Waals surface area contributed by atoms with E-state index < -0.39 is 0 Å². The standard InChI is InChI=1S/C28H27I2N5O2S/c1-17-5-11-22(12-6-17)35-26(18-7-9-20(10-8-18)28(2,3)4)33-34-27(35)38-16-24(36)32-31-15-19-13-21(29)14-23(30)25(19)37/h5-15,37H,16H2,1-4H3,(H,32,36). The molecule has 0 aliphatic heterocycles. The van der Waals surface area contributed by atoms with Crippen molar-refractivity contribution in [2.45, 2.75) is 38.3 Å². The van der Waals surface area contributed by atoms with Crippen molar-refractivity contribution in [2.75, 3.05) is 5.75 Å². The first-order valence-electron chi connectivity index (χ1n) is 11.8. The second-order valence-corrected chi connectivity index (χ2v) is 13.1. The lowest BCUT2D eigenvalue weighted by Crippen LogP contribution is -2.20. The van der Waals surface area contributed by atoms with Gasteiger partial charge in [0.05, 0.1) is 15.5 Å². The molecule has 0 radical (unpaired) electrons. The minimum absolute atomic E-state index is 0.0518. The zero-order chi connectivity index (χ0) is 27.4. The fourth-order valence-corrected chi connectivity index (χ4v) is 6.25. The summed E-state index contributed by atoms with van der Waals surface area (Å²) >= 11 is 5.51. The van der Waals surface area contributed by atoms with Crippen molar-refractivity contribution in [1.82, 2.24) is 20.2 Å². The Balaban J connectivity index is 1.54. The van der Waals surface area contributed by atoms with Gasteiger partial charge in [-0.1, -0.05) is 74.5 Å². The maximum atomic E-state index is 12.6. The molecule has 2 N–H and O–H groups in total. The molecular formula is C28H27I2N5O2S. The molecule has 0 fully saturated rings. The Labute approximate surface area is 253 Å². The molecule has 3 aromatic carbocycles. The van der Waals surface area contributed by atoms with Gasteiger partial charge in [-0.3, -0.25) is 9.36 Å². The van der Waals surface area contributed by atoms with Crippen molar-refractivity contribution in [3.05, 3.63) is 84.5 Å². The first-order chi connectivity index (χ1) is 18.0. The normalized spacial score (nSPS) is 11.7. The molecule has 1 aromatic heterocycles. The summed E-state index contributed by atoms with van der Waals surface area (Å²) in [4.78, 5) is 12.6. The van der Waals surface area contributed by atoms with Gasteiger partial charge in [0.25, 0.3) is 5.91 Å². The highest BCUT2D eigenvalue weighted by atomic mass is 127. The summed E-state index contributed by atoms with van der Waals surface area (Å²) in [7, 11) is 0. The largest absolute Gasteiger partial charge is 0.506 e. The number of amides is 1. The number of aryl methyl sites for hydroxylation is 1. The lowest BCUT2D eigenvalue weighted by atomic mass is 9.87. The van der Waals surface area contributed by atoms with Crippen LogP contribution < -0.4 is 5.43 Å². The summed E-state index contributed by atoms with van der Waals surface area (Å²) < 4.78 is 3.66. The number of hydrazone groups is 1. The van der Waals surface area contributed by atoms with E-state index >= 15 is 0 Å². The van der Waals surface area contributed by atoms with Gasteiger partial charge in [0.2, 0.25) is 0 Å². The van der Waals surface area contributed by atoms with E-state index in [-0.39, 0.29) is 22.8 Å². The summed E-state index contributed by atoms with van der Waals surface area (Å²) in [5.74, 6) is 0.646. The molecule has 0 saturated carbocycles. The first-order valence-corrected chi connectivity index (χ1v) is 14.9. The number of thioether (sulfide) groups is 1. The minimum Gasteiger partial charge on any atom is -0.506 e. The van der Waals surface area contributed by atoms with E-state index in [2.05, 4.69) is 111 Å². The second kappa shape index (κ2) is 12.2. The van der Waals surface area contributed by atoms with E-state index in [1.807, 2.05) is 41.8 Å². The van der Waals surface area contributed by atoms with Crippen LogP contribution in [0.5, 0.6) is 5.75 Å². The molecule has 0 atom stereocenters. The number of phenolic OH excluding ortho intramolecular Hbond substituents is 1. The third kappa shape index (κ3) is 6.94. The van der Waals surface area contributed by atoms with E-state index in [4.69, 9.17) is 0 Å². The van der Waals surface area contributed by atoms with Crippen molar-refractivity contribution in [3.63, 3.8) is 0 Å². The molecule has 10 heteroatoms. The Bertz CT molecular complexity index is 1480. The molecule has 0 saturated heterocycles. The van der Waals surface area contributed by atoms with Crippen molar-refractivity contribution >= 4 is 69.1 Å². The number of phenols is 1. The number of aromatic nitrogens is 3. The molecule has 1 amide bonds. The van der Waals surface area contributed by atoms with Crippen molar-refractivity contribution < 1.29 is 9.90 Å². The Kier molecular flexibility index (Phi) is 9.14. The highest BCUT2D eigenvalue weighted by molar-refractivity contribution is 14.1. The van der Waals surface area contributed by atoms with E-state index in [0.29, 0.717) is 16.5 Å². The number of aromatic hydroxyl groups is 1. The lowest BCUT2D eigenvalue weighted by Gasteiger charge is -2.19. The summed E-state index contributed by atoms with van der Waals surface area (Å²) in [5.41, 5.74) is 7.37. The molecular weight excluding hydrogens is 724 g/mol. The van der Waals surface area contributed by atoms with Crippen LogP contribution in [-0.2, 0) is 10.2 Å². The van der Waals surface area contributed by atoms with Crippen LogP contribution >= 0.6 is 56.9 Å². The Morgan fingerprint density at radius 1 is 1.08 bits per heavy atom. The smallest absolute Gasteiger partial charge is 0.250 e. The van der Waals surface area contributed by atoms with Crippen LogP contribution in [0.2, 0.25) is 0 Å². The van der Waals surface area contributed by atoms with Crippen molar-refractivity contribution in [1.29, 1.82) is 0 Å². The minimum atomic E-state index is -0.291. The third-order valence-corrected chi connectivity index (χ3v) is 8.09. The fraction of sp³-hybridized carbons (Fsp3) is 0.214. The van der Waals surface area contributed by atoms with Crippen LogP contribution in [0.4, 0.5) is 0 Å². The highest BCUT2D eigenvalue weighted by Crippen LogP contribution is 2.30. The molecule has 4 aromatic rings. The average molecular weight is 751 g/mol. The van der Waals surface area contributed by atoms with E-state index in [1.165, 1.54) is 23.5 Å². The van der Waals surface area contributed by atoms with Gasteiger partial charge in [0.15, 0.2) is 11.0 Å². The van der Waals surface area contributed by atoms with Gasteiger partial charge < -0.3 is 5.11 Å². The number of nitrogens with zero attached hydrogens (tertiary/aromatic N) is 4. The Morgan fingerprint density at radius 3 is 2.42 bits per heavy atom. The van der Waals surface area contributed by atoms with E-state index in [0.717, 1.165) is 24.0 Å². The highest BCUT2D eigenvalue weighted by Gasteiger charge is 2.19. The lowest BCUT2D eigenvalue weighted by molar-refractivity contribution is -0.118. The van der Waals surface area contributed by atoms with Crippen LogP contribution in [0.15, 0.2) is 70.9 Å². The number of nitrogens with one attached hydrogen (secondary N) is 1. The van der Waals surface area contributed by atoms with Crippen LogP contribution in [0.25, 0.3) is 17.1 Å². The maximum Gasteiger partial charge on any atom is 0.250 e.